The molecule has 0 N–H and O–H groups in total. The van der Waals surface area contributed by atoms with Gasteiger partial charge in [0.1, 0.15) is 17.6 Å². The minimum absolute atomic E-state index is 0.0808. The first-order chi connectivity index (χ1) is 15.2. The number of hydrogen-bond donors (Lipinski definition) is 0. The number of fused-ring (bicyclic) bond motifs is 1. The molecule has 5 rings (SSSR count). The summed E-state index contributed by atoms with van der Waals surface area (Å²) in [5.41, 5.74) is 3.44. The predicted molar refractivity (Wildman–Crippen MR) is 113 cm³/mol. The molecule has 2 aromatic heterocycles. The van der Waals surface area contributed by atoms with E-state index in [9.17, 15) is 0 Å². The second-order valence-corrected chi connectivity index (χ2v) is 7.13. The zero-order valence-electron chi connectivity index (χ0n) is 17.3. The van der Waals surface area contributed by atoms with E-state index >= 15 is 0 Å². The maximum absolute atomic E-state index is 6.06. The Bertz CT molecular complexity index is 1180. The molecular weight excluding hydrogens is 396 g/mol. The van der Waals surface area contributed by atoms with Gasteiger partial charge in [-0.3, -0.25) is 4.68 Å². The zero-order chi connectivity index (χ0) is 21.2. The average Bonchev–Trinajstić information content (AvgIpc) is 3.46. The van der Waals surface area contributed by atoms with E-state index in [2.05, 4.69) is 15.2 Å². The lowest BCUT2D eigenvalue weighted by Gasteiger charge is -2.24. The van der Waals surface area contributed by atoms with Gasteiger partial charge in [0.25, 0.3) is 5.89 Å². The Morgan fingerprint density at radius 1 is 1.13 bits per heavy atom. The van der Waals surface area contributed by atoms with Crippen molar-refractivity contribution in [2.75, 3.05) is 13.7 Å². The third-order valence-electron chi connectivity index (χ3n) is 5.19. The summed E-state index contributed by atoms with van der Waals surface area (Å²) >= 11 is 0. The molecule has 4 aromatic rings. The molecule has 1 aliphatic heterocycles. The van der Waals surface area contributed by atoms with Crippen LogP contribution in [-0.4, -0.2) is 33.6 Å². The SMILES string of the molecule is CCOc1ccc(C2Cn3nc(-c4nc(-c5ccccc5OC)no4)cc3CO2)cc1. The summed E-state index contributed by atoms with van der Waals surface area (Å²) in [5, 5.41) is 8.78. The van der Waals surface area contributed by atoms with Crippen molar-refractivity contribution in [3.05, 3.63) is 65.9 Å². The summed E-state index contributed by atoms with van der Waals surface area (Å²) in [5.74, 6) is 2.36. The van der Waals surface area contributed by atoms with Crippen LogP contribution in [0.3, 0.4) is 0 Å². The molecule has 0 bridgehead atoms. The van der Waals surface area contributed by atoms with E-state index in [1.165, 1.54) is 0 Å². The fourth-order valence-electron chi connectivity index (χ4n) is 3.64. The first-order valence-corrected chi connectivity index (χ1v) is 10.1. The number of benzene rings is 2. The van der Waals surface area contributed by atoms with Crippen molar-refractivity contribution in [2.24, 2.45) is 0 Å². The van der Waals surface area contributed by atoms with E-state index in [0.717, 1.165) is 22.6 Å². The van der Waals surface area contributed by atoms with Gasteiger partial charge in [0, 0.05) is 0 Å². The molecule has 1 atom stereocenters. The average molecular weight is 418 g/mol. The van der Waals surface area contributed by atoms with E-state index in [1.54, 1.807) is 7.11 Å². The van der Waals surface area contributed by atoms with Crippen LogP contribution < -0.4 is 9.47 Å². The van der Waals surface area contributed by atoms with Crippen LogP contribution in [0.25, 0.3) is 23.0 Å². The predicted octanol–water partition coefficient (Wildman–Crippen LogP) is 4.28. The number of aromatic nitrogens is 4. The minimum Gasteiger partial charge on any atom is -0.496 e. The molecule has 0 spiro atoms. The molecule has 0 saturated heterocycles. The molecule has 0 radical (unpaired) electrons. The van der Waals surface area contributed by atoms with Gasteiger partial charge in [-0.1, -0.05) is 29.4 Å². The lowest BCUT2D eigenvalue weighted by molar-refractivity contribution is -0.00115. The van der Waals surface area contributed by atoms with Crippen molar-refractivity contribution in [1.82, 2.24) is 19.9 Å². The summed E-state index contributed by atoms with van der Waals surface area (Å²) in [6, 6.07) is 17.5. The molecule has 31 heavy (non-hydrogen) atoms. The van der Waals surface area contributed by atoms with Gasteiger partial charge < -0.3 is 18.7 Å². The first-order valence-electron chi connectivity index (χ1n) is 10.1. The molecular formula is C23H22N4O4. The number of ether oxygens (including phenoxy) is 3. The highest BCUT2D eigenvalue weighted by Gasteiger charge is 2.24. The second-order valence-electron chi connectivity index (χ2n) is 7.13. The van der Waals surface area contributed by atoms with E-state index < -0.39 is 0 Å². The van der Waals surface area contributed by atoms with E-state index in [-0.39, 0.29) is 6.10 Å². The van der Waals surface area contributed by atoms with Crippen molar-refractivity contribution in [2.45, 2.75) is 26.2 Å². The van der Waals surface area contributed by atoms with Crippen molar-refractivity contribution >= 4 is 0 Å². The Morgan fingerprint density at radius 2 is 1.97 bits per heavy atom. The summed E-state index contributed by atoms with van der Waals surface area (Å²) < 4.78 is 24.4. The number of methoxy groups -OCH3 is 1. The van der Waals surface area contributed by atoms with Crippen molar-refractivity contribution < 1.29 is 18.7 Å². The number of para-hydroxylation sites is 1. The Balaban J connectivity index is 1.36. The minimum atomic E-state index is -0.0808. The lowest BCUT2D eigenvalue weighted by Crippen LogP contribution is -2.21. The number of hydrogen-bond acceptors (Lipinski definition) is 7. The molecule has 1 unspecified atom stereocenters. The third kappa shape index (κ3) is 3.77. The second kappa shape index (κ2) is 8.23. The van der Waals surface area contributed by atoms with Gasteiger partial charge in [-0.2, -0.15) is 10.1 Å². The van der Waals surface area contributed by atoms with Crippen LogP contribution in [0.4, 0.5) is 0 Å². The van der Waals surface area contributed by atoms with Crippen LogP contribution in [-0.2, 0) is 17.9 Å². The van der Waals surface area contributed by atoms with Gasteiger partial charge in [0.05, 0.1) is 38.1 Å². The summed E-state index contributed by atoms with van der Waals surface area (Å²) in [6.07, 6.45) is -0.0808. The Hall–Kier alpha value is -3.65. The number of nitrogens with zero attached hydrogens (tertiary/aromatic N) is 4. The highest BCUT2D eigenvalue weighted by Crippen LogP contribution is 2.32. The van der Waals surface area contributed by atoms with Crippen LogP contribution >= 0.6 is 0 Å². The fraction of sp³-hybridized carbons (Fsp3) is 0.261. The Labute approximate surface area is 179 Å². The Morgan fingerprint density at radius 3 is 2.77 bits per heavy atom. The van der Waals surface area contributed by atoms with Gasteiger partial charge in [0.15, 0.2) is 5.69 Å². The molecule has 3 heterocycles. The van der Waals surface area contributed by atoms with Crippen LogP contribution in [0.15, 0.2) is 59.1 Å². The molecule has 8 nitrogen and oxygen atoms in total. The summed E-state index contributed by atoms with van der Waals surface area (Å²) in [6.45, 7) is 3.68. The maximum atomic E-state index is 6.06. The molecule has 2 aromatic carbocycles. The molecule has 0 fully saturated rings. The molecule has 1 aliphatic rings. The highest BCUT2D eigenvalue weighted by atomic mass is 16.5. The van der Waals surface area contributed by atoms with E-state index in [4.69, 9.17) is 18.7 Å². The monoisotopic (exact) mass is 418 g/mol. The highest BCUT2D eigenvalue weighted by molar-refractivity contribution is 5.65. The van der Waals surface area contributed by atoms with Crippen LogP contribution in [0, 0.1) is 0 Å². The molecule has 8 heteroatoms. The lowest BCUT2D eigenvalue weighted by atomic mass is 10.1. The summed E-state index contributed by atoms with van der Waals surface area (Å²) in [7, 11) is 1.62. The van der Waals surface area contributed by atoms with E-state index in [0.29, 0.717) is 42.9 Å². The van der Waals surface area contributed by atoms with Crippen molar-refractivity contribution in [3.8, 4) is 34.5 Å². The van der Waals surface area contributed by atoms with Crippen molar-refractivity contribution in [1.29, 1.82) is 0 Å². The van der Waals surface area contributed by atoms with E-state index in [1.807, 2.05) is 66.2 Å². The fourth-order valence-corrected chi connectivity index (χ4v) is 3.64. The van der Waals surface area contributed by atoms with Gasteiger partial charge in [-0.25, -0.2) is 0 Å². The molecule has 0 saturated carbocycles. The van der Waals surface area contributed by atoms with Gasteiger partial charge >= 0.3 is 0 Å². The normalized spacial score (nSPS) is 15.5. The Kier molecular flexibility index (Phi) is 5.13. The first kappa shape index (κ1) is 19.3. The van der Waals surface area contributed by atoms with Crippen LogP contribution in [0.5, 0.6) is 11.5 Å². The maximum Gasteiger partial charge on any atom is 0.278 e. The van der Waals surface area contributed by atoms with Gasteiger partial charge in [-0.15, -0.1) is 0 Å². The molecule has 0 aliphatic carbocycles. The van der Waals surface area contributed by atoms with Gasteiger partial charge in [-0.05, 0) is 42.8 Å². The number of rotatable bonds is 6. The van der Waals surface area contributed by atoms with Gasteiger partial charge in [0.2, 0.25) is 5.82 Å². The zero-order valence-corrected chi connectivity index (χ0v) is 17.3. The topological polar surface area (TPSA) is 84.4 Å². The third-order valence-corrected chi connectivity index (χ3v) is 5.19. The summed E-state index contributed by atoms with van der Waals surface area (Å²) in [4.78, 5) is 4.52. The van der Waals surface area contributed by atoms with Crippen LogP contribution in [0.2, 0.25) is 0 Å². The molecule has 158 valence electrons. The van der Waals surface area contributed by atoms with Crippen molar-refractivity contribution in [3.63, 3.8) is 0 Å². The standard InChI is InChI=1S/C23H22N4O4/c1-3-29-17-10-8-15(9-11-17)21-13-27-16(14-30-21)12-19(25-27)23-24-22(26-31-23)18-6-4-5-7-20(18)28-2/h4-12,21H,3,13-14H2,1-2H3. The largest absolute Gasteiger partial charge is 0.496 e. The van der Waals surface area contributed by atoms with Crippen LogP contribution in [0.1, 0.15) is 24.3 Å². The molecule has 0 amide bonds. The quantitative estimate of drug-likeness (QED) is 0.462. The smallest absolute Gasteiger partial charge is 0.278 e.